The van der Waals surface area contributed by atoms with Crippen molar-refractivity contribution in [2.24, 2.45) is 0 Å². The summed E-state index contributed by atoms with van der Waals surface area (Å²) < 4.78 is 0. The lowest BCUT2D eigenvalue weighted by Crippen LogP contribution is -2.42. The van der Waals surface area contributed by atoms with Crippen LogP contribution in [0.2, 0.25) is 0 Å². The highest BCUT2D eigenvalue weighted by Gasteiger charge is 2.10. The molecule has 0 atom stereocenters. The number of anilines is 1. The van der Waals surface area contributed by atoms with Gasteiger partial charge in [-0.2, -0.15) is 0 Å². The molecule has 138 valence electrons. The molecule has 2 rings (SSSR count). The van der Waals surface area contributed by atoms with Crippen LogP contribution in [0.3, 0.4) is 0 Å². The SMILES string of the molecule is CN(C)C(=O)c1cccc(NCC(=O)NC(=O)NCCc2cccs2)c1. The molecule has 0 saturated heterocycles. The number of nitrogens with one attached hydrogen (secondary N) is 3. The molecule has 0 aliphatic rings. The molecule has 0 radical (unpaired) electrons. The second kappa shape index (κ2) is 9.57. The van der Waals surface area contributed by atoms with Gasteiger partial charge in [0.25, 0.3) is 5.91 Å². The quantitative estimate of drug-likeness (QED) is 0.691. The molecule has 0 bridgehead atoms. The van der Waals surface area contributed by atoms with Crippen molar-refractivity contribution in [2.45, 2.75) is 6.42 Å². The zero-order valence-corrected chi connectivity index (χ0v) is 15.6. The summed E-state index contributed by atoms with van der Waals surface area (Å²) in [4.78, 5) is 38.1. The molecule has 2 aromatic rings. The van der Waals surface area contributed by atoms with Crippen LogP contribution in [-0.4, -0.2) is 49.9 Å². The van der Waals surface area contributed by atoms with Crippen LogP contribution in [-0.2, 0) is 11.2 Å². The lowest BCUT2D eigenvalue weighted by atomic mass is 10.2. The van der Waals surface area contributed by atoms with Crippen molar-refractivity contribution >= 4 is 34.9 Å². The van der Waals surface area contributed by atoms with E-state index in [9.17, 15) is 14.4 Å². The van der Waals surface area contributed by atoms with E-state index in [1.165, 1.54) is 9.78 Å². The number of carbonyl (C=O) groups excluding carboxylic acids is 3. The average Bonchev–Trinajstić information content (AvgIpc) is 3.13. The van der Waals surface area contributed by atoms with Crippen molar-refractivity contribution in [1.29, 1.82) is 0 Å². The molecule has 4 amide bonds. The van der Waals surface area contributed by atoms with Crippen LogP contribution in [0.25, 0.3) is 0 Å². The van der Waals surface area contributed by atoms with Gasteiger partial charge in [0.15, 0.2) is 0 Å². The van der Waals surface area contributed by atoms with Gasteiger partial charge < -0.3 is 15.5 Å². The lowest BCUT2D eigenvalue weighted by molar-refractivity contribution is -0.118. The molecule has 3 N–H and O–H groups in total. The van der Waals surface area contributed by atoms with E-state index >= 15 is 0 Å². The van der Waals surface area contributed by atoms with Crippen molar-refractivity contribution in [1.82, 2.24) is 15.5 Å². The number of rotatable bonds is 7. The molecule has 7 nitrogen and oxygen atoms in total. The van der Waals surface area contributed by atoms with Gasteiger partial charge in [-0.3, -0.25) is 14.9 Å². The zero-order chi connectivity index (χ0) is 18.9. The van der Waals surface area contributed by atoms with Gasteiger partial charge in [0.05, 0.1) is 6.54 Å². The van der Waals surface area contributed by atoms with Gasteiger partial charge in [-0.15, -0.1) is 11.3 Å². The summed E-state index contributed by atoms with van der Waals surface area (Å²) in [5.74, 6) is -0.578. The molecule has 0 spiro atoms. The largest absolute Gasteiger partial charge is 0.376 e. The molecule has 0 aliphatic heterocycles. The van der Waals surface area contributed by atoms with Crippen molar-refractivity contribution < 1.29 is 14.4 Å². The summed E-state index contributed by atoms with van der Waals surface area (Å²) in [6, 6.07) is 10.3. The average molecular weight is 374 g/mol. The van der Waals surface area contributed by atoms with Gasteiger partial charge in [-0.25, -0.2) is 4.79 Å². The maximum Gasteiger partial charge on any atom is 0.321 e. The van der Waals surface area contributed by atoms with Crippen LogP contribution in [0, 0.1) is 0 Å². The molecular weight excluding hydrogens is 352 g/mol. The van der Waals surface area contributed by atoms with E-state index in [4.69, 9.17) is 0 Å². The first-order valence-electron chi connectivity index (χ1n) is 8.11. The normalized spacial score (nSPS) is 10.1. The van der Waals surface area contributed by atoms with Crippen LogP contribution in [0.15, 0.2) is 41.8 Å². The predicted molar refractivity (Wildman–Crippen MR) is 103 cm³/mol. The fraction of sp³-hybridized carbons (Fsp3) is 0.278. The van der Waals surface area contributed by atoms with E-state index in [1.54, 1.807) is 49.7 Å². The van der Waals surface area contributed by atoms with Crippen LogP contribution < -0.4 is 16.0 Å². The Balaban J connectivity index is 1.73. The van der Waals surface area contributed by atoms with E-state index in [1.807, 2.05) is 17.5 Å². The summed E-state index contributed by atoms with van der Waals surface area (Å²) in [6.07, 6.45) is 0.726. The molecule has 1 aromatic carbocycles. The van der Waals surface area contributed by atoms with Crippen molar-refractivity contribution in [3.63, 3.8) is 0 Å². The van der Waals surface area contributed by atoms with Crippen molar-refractivity contribution in [3.05, 3.63) is 52.2 Å². The fourth-order valence-corrected chi connectivity index (χ4v) is 2.88. The number of carbonyl (C=O) groups is 3. The van der Waals surface area contributed by atoms with E-state index in [2.05, 4.69) is 16.0 Å². The molecule has 26 heavy (non-hydrogen) atoms. The molecule has 0 unspecified atom stereocenters. The van der Waals surface area contributed by atoms with Crippen LogP contribution in [0.5, 0.6) is 0 Å². The highest BCUT2D eigenvalue weighted by atomic mass is 32.1. The summed E-state index contributed by atoms with van der Waals surface area (Å²) in [7, 11) is 3.35. The Kier molecular flexibility index (Phi) is 7.16. The summed E-state index contributed by atoms with van der Waals surface area (Å²) >= 11 is 1.62. The first kappa shape index (κ1) is 19.5. The molecule has 1 heterocycles. The fourth-order valence-electron chi connectivity index (χ4n) is 2.17. The van der Waals surface area contributed by atoms with E-state index in [0.29, 0.717) is 17.8 Å². The highest BCUT2D eigenvalue weighted by Crippen LogP contribution is 2.11. The number of nitrogens with zero attached hydrogens (tertiary/aromatic N) is 1. The third kappa shape index (κ3) is 6.21. The third-order valence-electron chi connectivity index (χ3n) is 3.46. The van der Waals surface area contributed by atoms with Crippen molar-refractivity contribution in [3.8, 4) is 0 Å². The Morgan fingerprint density at radius 2 is 1.92 bits per heavy atom. The van der Waals surface area contributed by atoms with E-state index in [-0.39, 0.29) is 12.5 Å². The third-order valence-corrected chi connectivity index (χ3v) is 4.39. The monoisotopic (exact) mass is 374 g/mol. The van der Waals surface area contributed by atoms with Gasteiger partial charge >= 0.3 is 6.03 Å². The Morgan fingerprint density at radius 3 is 2.62 bits per heavy atom. The number of benzene rings is 1. The number of urea groups is 1. The van der Waals surface area contributed by atoms with Crippen LogP contribution >= 0.6 is 11.3 Å². The summed E-state index contributed by atoms with van der Waals surface area (Å²) in [5.41, 5.74) is 1.15. The Labute approximate surface area is 156 Å². The Hall–Kier alpha value is -2.87. The second-order valence-corrected chi connectivity index (χ2v) is 6.80. The minimum atomic E-state index is -0.523. The van der Waals surface area contributed by atoms with Gasteiger partial charge in [-0.1, -0.05) is 12.1 Å². The number of imide groups is 1. The molecule has 0 aliphatic carbocycles. The Bertz CT molecular complexity index is 760. The number of hydrogen-bond donors (Lipinski definition) is 3. The zero-order valence-electron chi connectivity index (χ0n) is 14.7. The van der Waals surface area contributed by atoms with Gasteiger partial charge in [0, 0.05) is 36.8 Å². The van der Waals surface area contributed by atoms with E-state index in [0.717, 1.165) is 6.42 Å². The lowest BCUT2D eigenvalue weighted by Gasteiger charge is -2.12. The smallest absolute Gasteiger partial charge is 0.321 e. The molecule has 8 heteroatoms. The number of hydrogen-bond acceptors (Lipinski definition) is 5. The molecular formula is C18H22N4O3S. The first-order chi connectivity index (χ1) is 12.5. The molecule has 1 aromatic heterocycles. The van der Waals surface area contributed by atoms with Crippen LogP contribution in [0.4, 0.5) is 10.5 Å². The summed E-state index contributed by atoms with van der Waals surface area (Å²) in [6.45, 7) is 0.389. The first-order valence-corrected chi connectivity index (χ1v) is 8.99. The minimum Gasteiger partial charge on any atom is -0.376 e. The van der Waals surface area contributed by atoms with Gasteiger partial charge in [-0.05, 0) is 36.1 Å². The van der Waals surface area contributed by atoms with E-state index < -0.39 is 11.9 Å². The van der Waals surface area contributed by atoms with Gasteiger partial charge in [0.2, 0.25) is 5.91 Å². The van der Waals surface area contributed by atoms with Crippen LogP contribution in [0.1, 0.15) is 15.2 Å². The number of amides is 4. The molecule has 0 fully saturated rings. The maximum absolute atomic E-state index is 11.9. The van der Waals surface area contributed by atoms with Gasteiger partial charge in [0.1, 0.15) is 0 Å². The predicted octanol–water partition coefficient (Wildman–Crippen LogP) is 1.93. The molecule has 0 saturated carbocycles. The topological polar surface area (TPSA) is 90.5 Å². The number of thiophene rings is 1. The minimum absolute atomic E-state index is 0.0715. The standard InChI is InChI=1S/C18H22N4O3S/c1-22(2)17(24)13-5-3-6-14(11-13)20-12-16(23)21-18(25)19-9-8-15-7-4-10-26-15/h3-7,10-11,20H,8-9,12H2,1-2H3,(H2,19,21,23,25). The van der Waals surface area contributed by atoms with Crippen molar-refractivity contribution in [2.75, 3.05) is 32.5 Å². The highest BCUT2D eigenvalue weighted by molar-refractivity contribution is 7.09. The second-order valence-electron chi connectivity index (χ2n) is 5.77. The Morgan fingerprint density at radius 1 is 1.12 bits per heavy atom. The maximum atomic E-state index is 11.9. The summed E-state index contributed by atoms with van der Waals surface area (Å²) in [5, 5.41) is 9.79.